The van der Waals surface area contributed by atoms with Gasteiger partial charge in [0.2, 0.25) is 0 Å². The molecular formula is C20H20N2O5S. The van der Waals surface area contributed by atoms with E-state index in [1.54, 1.807) is 33.5 Å². The summed E-state index contributed by atoms with van der Waals surface area (Å²) in [5.41, 5.74) is 1.46. The second-order valence-corrected chi connectivity index (χ2v) is 6.45. The van der Waals surface area contributed by atoms with Gasteiger partial charge in [0.1, 0.15) is 11.5 Å². The smallest absolute Gasteiger partial charge is 0.264 e. The molecule has 0 aliphatic carbocycles. The Labute approximate surface area is 166 Å². The van der Waals surface area contributed by atoms with E-state index in [9.17, 15) is 4.79 Å². The van der Waals surface area contributed by atoms with Gasteiger partial charge < -0.3 is 18.9 Å². The number of rotatable bonds is 8. The van der Waals surface area contributed by atoms with E-state index in [1.165, 1.54) is 11.3 Å². The van der Waals surface area contributed by atoms with Gasteiger partial charge in [-0.05, 0) is 30.3 Å². The van der Waals surface area contributed by atoms with Crippen molar-refractivity contribution in [3.63, 3.8) is 0 Å². The highest BCUT2D eigenvalue weighted by Crippen LogP contribution is 2.35. The topological polar surface area (TPSA) is 78.9 Å². The highest BCUT2D eigenvalue weighted by atomic mass is 32.1. The fourth-order valence-corrected chi connectivity index (χ4v) is 3.23. The molecule has 0 radical (unpaired) electrons. The second-order valence-electron chi connectivity index (χ2n) is 5.59. The maximum atomic E-state index is 12.2. The lowest BCUT2D eigenvalue weighted by atomic mass is 10.1. The number of para-hydroxylation sites is 2. The van der Waals surface area contributed by atoms with Gasteiger partial charge in [-0.1, -0.05) is 12.1 Å². The molecule has 8 heteroatoms. The van der Waals surface area contributed by atoms with E-state index >= 15 is 0 Å². The van der Waals surface area contributed by atoms with Gasteiger partial charge in [0.05, 0.1) is 27.0 Å². The number of ether oxygens (including phenoxy) is 4. The monoisotopic (exact) mass is 400 g/mol. The van der Waals surface area contributed by atoms with Crippen molar-refractivity contribution in [1.29, 1.82) is 0 Å². The minimum atomic E-state index is -0.315. The van der Waals surface area contributed by atoms with E-state index in [2.05, 4.69) is 10.3 Å². The molecule has 0 saturated carbocycles. The number of thiazole rings is 1. The first-order chi connectivity index (χ1) is 13.6. The average Bonchev–Trinajstić information content (AvgIpc) is 3.20. The van der Waals surface area contributed by atoms with Crippen LogP contribution in [0.25, 0.3) is 11.3 Å². The molecule has 0 fully saturated rings. The molecule has 3 rings (SSSR count). The van der Waals surface area contributed by atoms with E-state index in [-0.39, 0.29) is 12.5 Å². The third kappa shape index (κ3) is 4.52. The molecule has 28 heavy (non-hydrogen) atoms. The van der Waals surface area contributed by atoms with Crippen LogP contribution in [0.4, 0.5) is 5.13 Å². The average molecular weight is 400 g/mol. The van der Waals surface area contributed by atoms with E-state index in [1.807, 2.05) is 35.7 Å². The number of amides is 1. The number of carbonyl (C=O) groups is 1. The summed E-state index contributed by atoms with van der Waals surface area (Å²) in [6.07, 6.45) is 0. The van der Waals surface area contributed by atoms with Crippen LogP contribution in [0.2, 0.25) is 0 Å². The Morgan fingerprint density at radius 1 is 1.00 bits per heavy atom. The number of anilines is 1. The molecule has 2 aromatic carbocycles. The zero-order valence-corrected chi connectivity index (χ0v) is 16.5. The van der Waals surface area contributed by atoms with Gasteiger partial charge in [0.15, 0.2) is 23.2 Å². The van der Waals surface area contributed by atoms with Gasteiger partial charge in [0, 0.05) is 10.9 Å². The summed E-state index contributed by atoms with van der Waals surface area (Å²) in [5.74, 6) is 2.12. The van der Waals surface area contributed by atoms with Crippen molar-refractivity contribution in [2.24, 2.45) is 0 Å². The molecule has 0 unspecified atom stereocenters. The van der Waals surface area contributed by atoms with Crippen molar-refractivity contribution >= 4 is 22.4 Å². The predicted molar refractivity (Wildman–Crippen MR) is 108 cm³/mol. The molecule has 1 aromatic heterocycles. The molecule has 1 heterocycles. The molecule has 3 aromatic rings. The summed E-state index contributed by atoms with van der Waals surface area (Å²) in [7, 11) is 4.74. The maximum Gasteiger partial charge on any atom is 0.264 e. The number of carbonyl (C=O) groups excluding carboxylic acids is 1. The summed E-state index contributed by atoms with van der Waals surface area (Å²) in [5, 5.41) is 5.04. The van der Waals surface area contributed by atoms with E-state index in [0.717, 1.165) is 5.56 Å². The molecule has 0 spiro atoms. The van der Waals surface area contributed by atoms with Crippen LogP contribution in [0.3, 0.4) is 0 Å². The van der Waals surface area contributed by atoms with E-state index < -0.39 is 0 Å². The van der Waals surface area contributed by atoms with Crippen LogP contribution >= 0.6 is 11.3 Å². The highest BCUT2D eigenvalue weighted by Gasteiger charge is 2.14. The Kier molecular flexibility index (Phi) is 6.33. The van der Waals surface area contributed by atoms with Gasteiger partial charge in [-0.3, -0.25) is 10.1 Å². The van der Waals surface area contributed by atoms with Crippen molar-refractivity contribution in [3.8, 4) is 34.3 Å². The molecule has 0 bridgehead atoms. The fraction of sp³-hybridized carbons (Fsp3) is 0.200. The largest absolute Gasteiger partial charge is 0.497 e. The van der Waals surface area contributed by atoms with Crippen LogP contribution in [0.15, 0.2) is 47.8 Å². The Balaban J connectivity index is 1.67. The van der Waals surface area contributed by atoms with Crippen molar-refractivity contribution in [1.82, 2.24) is 4.98 Å². The number of benzene rings is 2. The second kappa shape index (κ2) is 9.09. The number of nitrogens with one attached hydrogen (secondary N) is 1. The number of hydrogen-bond acceptors (Lipinski definition) is 7. The third-order valence-electron chi connectivity index (χ3n) is 3.86. The van der Waals surface area contributed by atoms with Crippen LogP contribution in [-0.4, -0.2) is 38.8 Å². The first-order valence-corrected chi connectivity index (χ1v) is 9.26. The predicted octanol–water partition coefficient (Wildman–Crippen LogP) is 3.85. The van der Waals surface area contributed by atoms with Crippen LogP contribution in [0, 0.1) is 0 Å². The van der Waals surface area contributed by atoms with Gasteiger partial charge in [-0.2, -0.15) is 0 Å². The molecule has 0 aliphatic heterocycles. The van der Waals surface area contributed by atoms with Crippen molar-refractivity contribution < 1.29 is 23.7 Å². The van der Waals surface area contributed by atoms with Crippen molar-refractivity contribution in [2.75, 3.05) is 33.3 Å². The lowest BCUT2D eigenvalue weighted by Gasteiger charge is -2.09. The van der Waals surface area contributed by atoms with Crippen LogP contribution in [0.1, 0.15) is 0 Å². The molecular weight excluding hydrogens is 380 g/mol. The van der Waals surface area contributed by atoms with Gasteiger partial charge in [-0.15, -0.1) is 11.3 Å². The maximum absolute atomic E-state index is 12.2. The molecule has 0 saturated heterocycles. The molecule has 0 atom stereocenters. The summed E-state index contributed by atoms with van der Waals surface area (Å²) in [6.45, 7) is -0.155. The van der Waals surface area contributed by atoms with Gasteiger partial charge >= 0.3 is 0 Å². The number of aromatic nitrogens is 1. The minimum Gasteiger partial charge on any atom is -0.497 e. The zero-order valence-electron chi connectivity index (χ0n) is 15.7. The molecule has 1 N–H and O–H groups in total. The Hall–Kier alpha value is -3.26. The normalized spacial score (nSPS) is 10.2. The zero-order chi connectivity index (χ0) is 19.9. The first-order valence-electron chi connectivity index (χ1n) is 8.38. The summed E-state index contributed by atoms with van der Waals surface area (Å²) < 4.78 is 21.4. The van der Waals surface area contributed by atoms with E-state index in [0.29, 0.717) is 33.8 Å². The number of nitrogens with zero attached hydrogens (tertiary/aromatic N) is 1. The highest BCUT2D eigenvalue weighted by molar-refractivity contribution is 7.14. The van der Waals surface area contributed by atoms with Gasteiger partial charge in [0.25, 0.3) is 5.91 Å². The minimum absolute atomic E-state index is 0.155. The Morgan fingerprint density at radius 2 is 1.75 bits per heavy atom. The molecule has 146 valence electrons. The quantitative estimate of drug-likeness (QED) is 0.619. The summed E-state index contributed by atoms with van der Waals surface area (Å²) >= 11 is 1.32. The van der Waals surface area contributed by atoms with E-state index in [4.69, 9.17) is 18.9 Å². The van der Waals surface area contributed by atoms with Crippen molar-refractivity contribution in [3.05, 3.63) is 47.8 Å². The first kappa shape index (κ1) is 19.5. The Morgan fingerprint density at radius 3 is 2.46 bits per heavy atom. The fourth-order valence-electron chi connectivity index (χ4n) is 2.51. The Bertz CT molecular complexity index is 957. The van der Waals surface area contributed by atoms with Crippen LogP contribution in [0.5, 0.6) is 23.0 Å². The van der Waals surface area contributed by atoms with Crippen LogP contribution in [-0.2, 0) is 4.79 Å². The lowest BCUT2D eigenvalue weighted by Crippen LogP contribution is -2.20. The summed E-state index contributed by atoms with van der Waals surface area (Å²) in [4.78, 5) is 16.7. The van der Waals surface area contributed by atoms with Gasteiger partial charge in [-0.25, -0.2) is 4.98 Å². The number of hydrogen-bond donors (Lipinski definition) is 1. The SMILES string of the molecule is COc1ccc(OC)c(-c2csc(NC(=O)COc3ccccc3OC)n2)c1. The number of methoxy groups -OCH3 is 3. The molecule has 1 amide bonds. The standard InChI is InChI=1S/C20H20N2O5S/c1-24-13-8-9-16(25-2)14(10-13)15-12-28-20(21-15)22-19(23)11-27-18-7-5-4-6-17(18)26-3/h4-10,12H,11H2,1-3H3,(H,21,22,23). The summed E-state index contributed by atoms with van der Waals surface area (Å²) in [6, 6.07) is 12.6. The molecule has 0 aliphatic rings. The van der Waals surface area contributed by atoms with Crippen molar-refractivity contribution in [2.45, 2.75) is 0 Å². The third-order valence-corrected chi connectivity index (χ3v) is 4.62. The molecule has 7 nitrogen and oxygen atoms in total. The van der Waals surface area contributed by atoms with Crippen LogP contribution < -0.4 is 24.3 Å². The lowest BCUT2D eigenvalue weighted by molar-refractivity contribution is -0.118.